The van der Waals surface area contributed by atoms with Crippen LogP contribution in [0.4, 0.5) is 5.69 Å². The van der Waals surface area contributed by atoms with Crippen LogP contribution in [0.2, 0.25) is 0 Å². The summed E-state index contributed by atoms with van der Waals surface area (Å²) in [5.74, 6) is 0.156. The van der Waals surface area contributed by atoms with E-state index in [-0.39, 0.29) is 5.75 Å². The third kappa shape index (κ3) is 3.78. The number of phenols is 1. The molecule has 3 nitrogen and oxygen atoms in total. The molecule has 4 aromatic rings. The highest BCUT2D eigenvalue weighted by molar-refractivity contribution is 7.85. The number of rotatable bonds is 5. The summed E-state index contributed by atoms with van der Waals surface area (Å²) in [4.78, 5) is 4.60. The highest BCUT2D eigenvalue weighted by atomic mass is 31.2. The van der Waals surface area contributed by atoms with E-state index in [4.69, 9.17) is 0 Å². The molecule has 0 aliphatic carbocycles. The van der Waals surface area contributed by atoms with Crippen LogP contribution in [0, 0.1) is 0 Å². The Kier molecular flexibility index (Phi) is 5.41. The summed E-state index contributed by atoms with van der Waals surface area (Å²) in [6.07, 6.45) is 1.61. The van der Waals surface area contributed by atoms with Crippen molar-refractivity contribution < 1.29 is 9.67 Å². The van der Waals surface area contributed by atoms with Crippen molar-refractivity contribution in [1.82, 2.24) is 0 Å². The van der Waals surface area contributed by atoms with Crippen LogP contribution < -0.4 is 15.9 Å². The van der Waals surface area contributed by atoms with E-state index >= 15 is 0 Å². The first kappa shape index (κ1) is 18.9. The lowest BCUT2D eigenvalue weighted by molar-refractivity contribution is 0.474. The molecule has 0 aliphatic heterocycles. The quantitative estimate of drug-likeness (QED) is 0.389. The number of hydrogen-bond donors (Lipinski definition) is 1. The Morgan fingerprint density at radius 1 is 0.655 bits per heavy atom. The molecule has 0 radical (unpaired) electrons. The Balaban J connectivity index is 1.90. The Morgan fingerprint density at radius 2 is 1.17 bits per heavy atom. The monoisotopic (exact) mass is 397 g/mol. The van der Waals surface area contributed by atoms with Crippen molar-refractivity contribution in [2.45, 2.75) is 0 Å². The first-order valence-corrected chi connectivity index (χ1v) is 11.0. The number of phenolic OH excluding ortho intramolecular Hbond substituents is 1. The Labute approximate surface area is 170 Å². The van der Waals surface area contributed by atoms with Gasteiger partial charge in [0.15, 0.2) is 7.14 Å². The zero-order valence-electron chi connectivity index (χ0n) is 15.7. The van der Waals surface area contributed by atoms with Gasteiger partial charge in [-0.1, -0.05) is 84.9 Å². The summed E-state index contributed by atoms with van der Waals surface area (Å²) in [7, 11) is -3.12. The maximum Gasteiger partial charge on any atom is 0.173 e. The van der Waals surface area contributed by atoms with Crippen LogP contribution in [0.3, 0.4) is 0 Å². The fraction of sp³-hybridized carbons (Fsp3) is 0. The van der Waals surface area contributed by atoms with Crippen LogP contribution >= 0.6 is 7.14 Å². The minimum absolute atomic E-state index is 0.156. The van der Waals surface area contributed by atoms with Crippen LogP contribution in [0.15, 0.2) is 114 Å². The molecule has 0 fully saturated rings. The molecule has 0 unspecified atom stereocenters. The summed E-state index contributed by atoms with van der Waals surface area (Å²) in [5.41, 5.74) is 1.23. The number of para-hydroxylation sites is 2. The molecule has 0 aromatic heterocycles. The van der Waals surface area contributed by atoms with E-state index in [0.29, 0.717) is 16.6 Å². The molecule has 0 saturated heterocycles. The second-order valence-electron chi connectivity index (χ2n) is 6.59. The van der Waals surface area contributed by atoms with Gasteiger partial charge >= 0.3 is 0 Å². The van der Waals surface area contributed by atoms with E-state index < -0.39 is 7.14 Å². The third-order valence-corrected chi connectivity index (χ3v) is 7.85. The lowest BCUT2D eigenvalue weighted by Crippen LogP contribution is -2.25. The van der Waals surface area contributed by atoms with Gasteiger partial charge < -0.3 is 9.67 Å². The summed E-state index contributed by atoms with van der Waals surface area (Å²) in [6, 6.07) is 33.5. The number of aromatic hydroxyl groups is 1. The van der Waals surface area contributed by atoms with Gasteiger partial charge in [0.1, 0.15) is 5.75 Å². The maximum absolute atomic E-state index is 14.6. The number of nitrogens with zero attached hydrogens (tertiary/aromatic N) is 1. The highest BCUT2D eigenvalue weighted by Gasteiger charge is 2.31. The Morgan fingerprint density at radius 3 is 1.79 bits per heavy atom. The second-order valence-corrected chi connectivity index (χ2v) is 9.32. The van der Waals surface area contributed by atoms with Gasteiger partial charge in [-0.3, -0.25) is 4.99 Å². The Hall–Kier alpha value is -3.42. The molecule has 0 amide bonds. The van der Waals surface area contributed by atoms with Crippen molar-refractivity contribution >= 4 is 35.0 Å². The molecule has 0 atom stereocenters. The lowest BCUT2D eigenvalue weighted by Gasteiger charge is -2.21. The largest absolute Gasteiger partial charge is 0.507 e. The molecule has 0 heterocycles. The van der Waals surface area contributed by atoms with Crippen LogP contribution in [0.5, 0.6) is 5.75 Å². The van der Waals surface area contributed by atoms with Crippen molar-refractivity contribution in [3.05, 3.63) is 115 Å². The predicted molar refractivity (Wildman–Crippen MR) is 121 cm³/mol. The molecule has 29 heavy (non-hydrogen) atoms. The number of benzene rings is 4. The number of aliphatic imine (C=N–C) groups is 1. The molecule has 1 N–H and O–H groups in total. The normalized spacial score (nSPS) is 11.6. The van der Waals surface area contributed by atoms with E-state index in [1.165, 1.54) is 0 Å². The maximum atomic E-state index is 14.6. The zero-order valence-corrected chi connectivity index (χ0v) is 16.6. The topological polar surface area (TPSA) is 49.7 Å². The van der Waals surface area contributed by atoms with E-state index in [1.807, 2.05) is 91.0 Å². The van der Waals surface area contributed by atoms with Crippen LogP contribution in [0.25, 0.3) is 0 Å². The Bertz CT molecular complexity index is 1140. The molecule has 0 aliphatic rings. The molecule has 4 heteroatoms. The standard InChI is InChI=1S/C25H20NO2P/c27-24-17-9-7-11-20(24)19-26-23-16-8-10-18-25(23)29(28,21-12-3-1-4-13-21)22-14-5-2-6-15-22/h1-19,27H. The molecule has 0 bridgehead atoms. The first-order valence-electron chi connectivity index (χ1n) is 9.32. The summed E-state index contributed by atoms with van der Waals surface area (Å²) >= 11 is 0. The van der Waals surface area contributed by atoms with E-state index in [1.54, 1.807) is 24.4 Å². The van der Waals surface area contributed by atoms with Gasteiger partial charge in [-0.2, -0.15) is 0 Å². The van der Waals surface area contributed by atoms with E-state index in [2.05, 4.69) is 4.99 Å². The van der Waals surface area contributed by atoms with Crippen molar-refractivity contribution in [3.8, 4) is 5.75 Å². The van der Waals surface area contributed by atoms with Gasteiger partial charge in [0, 0.05) is 27.7 Å². The fourth-order valence-electron chi connectivity index (χ4n) is 3.28. The van der Waals surface area contributed by atoms with Crippen molar-refractivity contribution in [2.75, 3.05) is 0 Å². The molecule has 0 spiro atoms. The molecule has 142 valence electrons. The van der Waals surface area contributed by atoms with Gasteiger partial charge in [-0.25, -0.2) is 0 Å². The van der Waals surface area contributed by atoms with Gasteiger partial charge in [-0.05, 0) is 24.3 Å². The van der Waals surface area contributed by atoms with Gasteiger partial charge in [0.25, 0.3) is 0 Å². The summed E-state index contributed by atoms with van der Waals surface area (Å²) in [5, 5.41) is 12.2. The fourth-order valence-corrected chi connectivity index (χ4v) is 6.07. The highest BCUT2D eigenvalue weighted by Crippen LogP contribution is 2.44. The average Bonchev–Trinajstić information content (AvgIpc) is 2.79. The molecular weight excluding hydrogens is 377 g/mol. The molecule has 4 rings (SSSR count). The smallest absolute Gasteiger partial charge is 0.173 e. The number of hydrogen-bond acceptors (Lipinski definition) is 3. The minimum Gasteiger partial charge on any atom is -0.507 e. The predicted octanol–water partition coefficient (Wildman–Crippen LogP) is 4.78. The summed E-state index contributed by atoms with van der Waals surface area (Å²) in [6.45, 7) is 0. The van der Waals surface area contributed by atoms with Gasteiger partial charge in [0.05, 0.1) is 5.69 Å². The van der Waals surface area contributed by atoms with E-state index in [0.717, 1.165) is 10.6 Å². The third-order valence-electron chi connectivity index (χ3n) is 4.74. The van der Waals surface area contributed by atoms with Crippen molar-refractivity contribution in [2.24, 2.45) is 4.99 Å². The minimum atomic E-state index is -3.12. The average molecular weight is 397 g/mol. The van der Waals surface area contributed by atoms with Crippen LogP contribution in [0.1, 0.15) is 5.56 Å². The first-order chi connectivity index (χ1) is 14.2. The lowest BCUT2D eigenvalue weighted by atomic mass is 10.2. The van der Waals surface area contributed by atoms with E-state index in [9.17, 15) is 9.67 Å². The molecular formula is C25H20NO2P. The van der Waals surface area contributed by atoms with Gasteiger partial charge in [-0.15, -0.1) is 0 Å². The molecule has 4 aromatic carbocycles. The van der Waals surface area contributed by atoms with Crippen molar-refractivity contribution in [1.29, 1.82) is 0 Å². The summed E-state index contributed by atoms with van der Waals surface area (Å²) < 4.78 is 14.6. The van der Waals surface area contributed by atoms with Crippen LogP contribution in [-0.4, -0.2) is 11.3 Å². The van der Waals surface area contributed by atoms with Crippen molar-refractivity contribution in [3.63, 3.8) is 0 Å². The molecule has 0 saturated carbocycles. The van der Waals surface area contributed by atoms with Crippen LogP contribution in [-0.2, 0) is 4.57 Å². The SMILES string of the molecule is O=P(c1ccccc1)(c1ccccc1)c1ccccc1N=Cc1ccccc1O. The zero-order chi connectivity index (χ0) is 20.1. The van der Waals surface area contributed by atoms with Gasteiger partial charge in [0.2, 0.25) is 0 Å². The second kappa shape index (κ2) is 8.30.